The molecular formula is C38H36N2O6. The molecule has 8 nitrogen and oxygen atoms in total. The lowest BCUT2D eigenvalue weighted by Gasteiger charge is -2.25. The molecule has 1 aliphatic carbocycles. The number of carbonyl (C=O) groups is 3. The summed E-state index contributed by atoms with van der Waals surface area (Å²) < 4.78 is 16.4. The van der Waals surface area contributed by atoms with Crippen molar-refractivity contribution in [2.45, 2.75) is 38.3 Å². The van der Waals surface area contributed by atoms with Gasteiger partial charge in [-0.2, -0.15) is 0 Å². The number of benzene rings is 4. The number of amides is 2. The molecule has 0 fully saturated rings. The second kappa shape index (κ2) is 14.1. The van der Waals surface area contributed by atoms with E-state index in [0.29, 0.717) is 22.4 Å². The Morgan fingerprint density at radius 1 is 0.826 bits per heavy atom. The zero-order chi connectivity index (χ0) is 32.7. The molecular weight excluding hydrogens is 580 g/mol. The molecule has 0 spiro atoms. The van der Waals surface area contributed by atoms with E-state index in [4.69, 9.17) is 14.2 Å². The van der Waals surface area contributed by atoms with Crippen molar-refractivity contribution >= 4 is 23.7 Å². The third-order valence-corrected chi connectivity index (χ3v) is 7.45. The van der Waals surface area contributed by atoms with Gasteiger partial charge in [0.1, 0.15) is 12.6 Å². The second-order valence-electron chi connectivity index (χ2n) is 11.8. The third-order valence-electron chi connectivity index (χ3n) is 7.45. The average Bonchev–Trinajstić information content (AvgIpc) is 3.38. The molecule has 4 aromatic carbocycles. The molecule has 0 aromatic heterocycles. The fraction of sp³-hybridized carbons (Fsp3) is 0.237. The first-order valence-electron chi connectivity index (χ1n) is 15.0. The Hall–Kier alpha value is -5.39. The number of anilines is 1. The van der Waals surface area contributed by atoms with Crippen molar-refractivity contribution < 1.29 is 28.6 Å². The Kier molecular flexibility index (Phi) is 9.85. The van der Waals surface area contributed by atoms with Crippen molar-refractivity contribution in [3.63, 3.8) is 0 Å². The van der Waals surface area contributed by atoms with Crippen LogP contribution in [0.1, 0.15) is 59.3 Å². The number of para-hydroxylation sites is 1. The van der Waals surface area contributed by atoms with Gasteiger partial charge in [0.2, 0.25) is 5.91 Å². The van der Waals surface area contributed by atoms with Gasteiger partial charge in [0.05, 0.1) is 30.6 Å². The number of hydrogen-bond donors (Lipinski definition) is 2. The zero-order valence-electron chi connectivity index (χ0n) is 26.3. The van der Waals surface area contributed by atoms with Crippen molar-refractivity contribution in [1.82, 2.24) is 5.32 Å². The fourth-order valence-corrected chi connectivity index (χ4v) is 5.20. The number of methoxy groups -OCH3 is 1. The fourth-order valence-electron chi connectivity index (χ4n) is 5.20. The van der Waals surface area contributed by atoms with Gasteiger partial charge in [-0.3, -0.25) is 4.79 Å². The van der Waals surface area contributed by atoms with Gasteiger partial charge in [0.15, 0.2) is 0 Å². The lowest BCUT2D eigenvalue weighted by molar-refractivity contribution is -0.121. The van der Waals surface area contributed by atoms with Gasteiger partial charge in [-0.05, 0) is 73.4 Å². The number of nitrogens with one attached hydrogen (secondary N) is 2. The van der Waals surface area contributed by atoms with Crippen molar-refractivity contribution in [1.29, 1.82) is 0 Å². The molecule has 0 heterocycles. The Morgan fingerprint density at radius 2 is 1.48 bits per heavy atom. The molecule has 1 atom stereocenters. The largest absolute Gasteiger partial charge is 0.465 e. The van der Waals surface area contributed by atoms with Crippen molar-refractivity contribution in [2.24, 2.45) is 0 Å². The minimum Gasteiger partial charge on any atom is -0.465 e. The monoisotopic (exact) mass is 616 g/mol. The molecule has 2 amide bonds. The smallest absolute Gasteiger partial charge is 0.407 e. The number of alkyl carbamates (subject to hydrolysis) is 1. The molecule has 2 N–H and O–H groups in total. The van der Waals surface area contributed by atoms with Crippen LogP contribution in [0.3, 0.4) is 0 Å². The summed E-state index contributed by atoms with van der Waals surface area (Å²) in [6, 6.07) is 29.0. The normalized spacial score (nSPS) is 12.5. The molecule has 5 rings (SSSR count). The summed E-state index contributed by atoms with van der Waals surface area (Å²) in [5, 5.41) is 5.59. The quantitative estimate of drug-likeness (QED) is 0.172. The van der Waals surface area contributed by atoms with Crippen molar-refractivity contribution in [2.75, 3.05) is 25.6 Å². The lowest BCUT2D eigenvalue weighted by atomic mass is 9.98. The number of fused-ring (bicyclic) bond motifs is 3. The Labute approximate surface area is 269 Å². The molecule has 4 aromatic rings. The van der Waals surface area contributed by atoms with E-state index in [1.54, 1.807) is 48.5 Å². The molecule has 8 heteroatoms. The highest BCUT2D eigenvalue weighted by Gasteiger charge is 2.30. The summed E-state index contributed by atoms with van der Waals surface area (Å²) in [4.78, 5) is 38.6. The van der Waals surface area contributed by atoms with E-state index in [9.17, 15) is 14.4 Å². The molecule has 0 saturated heterocycles. The first kappa shape index (κ1) is 32.0. The van der Waals surface area contributed by atoms with Crippen LogP contribution in [0.2, 0.25) is 0 Å². The first-order valence-corrected chi connectivity index (χ1v) is 15.0. The van der Waals surface area contributed by atoms with E-state index in [1.807, 2.05) is 57.2 Å². The van der Waals surface area contributed by atoms with E-state index in [-0.39, 0.29) is 19.1 Å². The second-order valence-corrected chi connectivity index (χ2v) is 11.8. The summed E-state index contributed by atoms with van der Waals surface area (Å²) in [7, 11) is 1.32. The van der Waals surface area contributed by atoms with Crippen LogP contribution >= 0.6 is 0 Å². The van der Waals surface area contributed by atoms with Crippen LogP contribution in [0.4, 0.5) is 10.5 Å². The van der Waals surface area contributed by atoms with E-state index >= 15 is 0 Å². The van der Waals surface area contributed by atoms with E-state index in [0.717, 1.165) is 22.3 Å². The van der Waals surface area contributed by atoms with Crippen molar-refractivity contribution in [3.05, 3.63) is 125 Å². The van der Waals surface area contributed by atoms with Gasteiger partial charge < -0.3 is 24.8 Å². The lowest BCUT2D eigenvalue weighted by Crippen LogP contribution is -2.48. The van der Waals surface area contributed by atoms with Gasteiger partial charge in [0, 0.05) is 17.0 Å². The summed E-state index contributed by atoms with van der Waals surface area (Å²) in [5.41, 5.74) is 5.89. The number of esters is 1. The summed E-state index contributed by atoms with van der Waals surface area (Å²) >= 11 is 0. The topological polar surface area (TPSA) is 103 Å². The van der Waals surface area contributed by atoms with Crippen LogP contribution in [0.15, 0.2) is 97.1 Å². The highest BCUT2D eigenvalue weighted by atomic mass is 16.6. The van der Waals surface area contributed by atoms with Gasteiger partial charge in [0.25, 0.3) is 0 Å². The molecule has 0 aliphatic heterocycles. The van der Waals surface area contributed by atoms with Crippen LogP contribution in [0.25, 0.3) is 11.1 Å². The first-order chi connectivity index (χ1) is 22.1. The molecule has 234 valence electrons. The zero-order valence-corrected chi connectivity index (χ0v) is 26.3. The summed E-state index contributed by atoms with van der Waals surface area (Å²) in [5.74, 6) is 5.04. The SMILES string of the molecule is COC(=O)c1cccc(C#Cc2ccccc2NC(=O)[C@H](COC(C)(C)C)NC(=O)OCC2c3ccccc3-c3ccccc32)c1. The van der Waals surface area contributed by atoms with E-state index in [2.05, 4.69) is 34.6 Å². The van der Waals surface area contributed by atoms with Crippen LogP contribution in [0, 0.1) is 11.8 Å². The standard InChI is InChI=1S/C38H36N2O6/c1-38(2,3)46-24-34(40-37(43)45-23-32-30-17-8-6-15-28(30)29-16-7-9-18-31(29)32)35(41)39-33-19-10-5-13-26(33)21-20-25-12-11-14-27(22-25)36(42)44-4/h5-19,22,32,34H,23-24H2,1-4H3,(H,39,41)(H,40,43)/t34-/m0/s1. The molecule has 0 radical (unpaired) electrons. The molecule has 0 bridgehead atoms. The van der Waals surface area contributed by atoms with E-state index < -0.39 is 29.6 Å². The van der Waals surface area contributed by atoms with Crippen LogP contribution < -0.4 is 10.6 Å². The number of hydrogen-bond acceptors (Lipinski definition) is 6. The van der Waals surface area contributed by atoms with E-state index in [1.165, 1.54) is 7.11 Å². The number of rotatable bonds is 8. The molecule has 0 unspecified atom stereocenters. The van der Waals surface area contributed by atoms with Crippen LogP contribution in [-0.2, 0) is 19.0 Å². The minimum atomic E-state index is -1.05. The maximum Gasteiger partial charge on any atom is 0.407 e. The maximum atomic E-state index is 13.6. The molecule has 1 aliphatic rings. The summed E-state index contributed by atoms with van der Waals surface area (Å²) in [6.45, 7) is 5.65. The maximum absolute atomic E-state index is 13.6. The highest BCUT2D eigenvalue weighted by Crippen LogP contribution is 2.44. The summed E-state index contributed by atoms with van der Waals surface area (Å²) in [6.07, 6.45) is -0.724. The highest BCUT2D eigenvalue weighted by molar-refractivity contribution is 5.97. The van der Waals surface area contributed by atoms with Crippen LogP contribution in [-0.4, -0.2) is 49.9 Å². The minimum absolute atomic E-state index is 0.0757. The van der Waals surface area contributed by atoms with Gasteiger partial charge in [-0.25, -0.2) is 9.59 Å². The molecule has 0 saturated carbocycles. The Balaban J connectivity index is 1.29. The molecule has 46 heavy (non-hydrogen) atoms. The number of carbonyl (C=O) groups excluding carboxylic acids is 3. The van der Waals surface area contributed by atoms with Gasteiger partial charge in [-0.15, -0.1) is 0 Å². The van der Waals surface area contributed by atoms with Gasteiger partial charge >= 0.3 is 12.1 Å². The predicted molar refractivity (Wildman–Crippen MR) is 177 cm³/mol. The average molecular weight is 617 g/mol. The Bertz CT molecular complexity index is 1770. The predicted octanol–water partition coefficient (Wildman–Crippen LogP) is 6.53. The third kappa shape index (κ3) is 7.81. The van der Waals surface area contributed by atoms with Crippen molar-refractivity contribution in [3.8, 4) is 23.0 Å². The van der Waals surface area contributed by atoms with Gasteiger partial charge in [-0.1, -0.05) is 78.6 Å². The number of ether oxygens (including phenoxy) is 3. The Morgan fingerprint density at radius 3 is 2.15 bits per heavy atom. The van der Waals surface area contributed by atoms with Crippen LogP contribution in [0.5, 0.6) is 0 Å².